The fourth-order valence-corrected chi connectivity index (χ4v) is 2.83. The van der Waals surface area contributed by atoms with Gasteiger partial charge in [-0.3, -0.25) is 4.99 Å². The van der Waals surface area contributed by atoms with Crippen LogP contribution in [-0.4, -0.2) is 64.3 Å². The first-order chi connectivity index (χ1) is 13.8. The van der Waals surface area contributed by atoms with E-state index in [0.717, 1.165) is 70.3 Å². The molecule has 0 aliphatic heterocycles. The first-order valence-electron chi connectivity index (χ1n) is 10.0. The molecule has 0 atom stereocenters. The first-order valence-corrected chi connectivity index (χ1v) is 10.0. The van der Waals surface area contributed by atoms with Gasteiger partial charge in [-0.1, -0.05) is 30.3 Å². The monoisotopic (exact) mass is 386 g/mol. The van der Waals surface area contributed by atoms with E-state index >= 15 is 0 Å². The number of hydrogen-bond donors (Lipinski definition) is 2. The molecule has 0 saturated heterocycles. The summed E-state index contributed by atoms with van der Waals surface area (Å²) >= 11 is 0. The number of hydrogen-bond acceptors (Lipinski definition) is 4. The van der Waals surface area contributed by atoms with E-state index in [0.29, 0.717) is 0 Å². The maximum Gasteiger partial charge on any atom is 0.191 e. The van der Waals surface area contributed by atoms with Crippen LogP contribution in [0.2, 0.25) is 0 Å². The molecule has 0 aliphatic carbocycles. The van der Waals surface area contributed by atoms with Crippen molar-refractivity contribution in [3.8, 4) is 0 Å². The fourth-order valence-electron chi connectivity index (χ4n) is 2.83. The van der Waals surface area contributed by atoms with Crippen molar-refractivity contribution in [2.75, 3.05) is 53.5 Å². The molecule has 28 heavy (non-hydrogen) atoms. The minimum absolute atomic E-state index is 0.755. The lowest BCUT2D eigenvalue weighted by Crippen LogP contribution is -2.40. The largest absolute Gasteiger partial charge is 0.469 e. The van der Waals surface area contributed by atoms with Crippen LogP contribution >= 0.6 is 0 Å². The molecule has 0 radical (unpaired) electrons. The molecular weight excluding hydrogens is 352 g/mol. The Hall–Kier alpha value is -2.31. The van der Waals surface area contributed by atoms with E-state index in [1.54, 1.807) is 13.4 Å². The van der Waals surface area contributed by atoms with E-state index in [2.05, 4.69) is 46.8 Å². The lowest BCUT2D eigenvalue weighted by Gasteiger charge is -2.16. The zero-order chi connectivity index (χ0) is 19.9. The number of furan rings is 1. The number of rotatable bonds is 13. The van der Waals surface area contributed by atoms with E-state index in [-0.39, 0.29) is 0 Å². The van der Waals surface area contributed by atoms with Gasteiger partial charge in [-0.2, -0.15) is 0 Å². The van der Waals surface area contributed by atoms with Crippen molar-refractivity contribution in [3.05, 3.63) is 60.1 Å². The zero-order valence-corrected chi connectivity index (χ0v) is 17.2. The summed E-state index contributed by atoms with van der Waals surface area (Å²) in [4.78, 5) is 7.02. The predicted octanol–water partition coefficient (Wildman–Crippen LogP) is 2.57. The molecule has 0 fully saturated rings. The quantitative estimate of drug-likeness (QED) is 0.315. The molecule has 0 spiro atoms. The summed E-state index contributed by atoms with van der Waals surface area (Å²) in [6.45, 7) is 5.13. The molecule has 0 aliphatic rings. The predicted molar refractivity (Wildman–Crippen MR) is 115 cm³/mol. The standard InChI is InChI=1S/C22H34N4O2/c1-26(16-7-18-27-2)17-15-25-22(24-14-12-21-10-6-19-28-21)23-13-11-20-8-4-3-5-9-20/h3-6,8-10,19H,7,11-18H2,1-2H3,(H2,23,24,25). The Morgan fingerprint density at radius 1 is 1.04 bits per heavy atom. The lowest BCUT2D eigenvalue weighted by molar-refractivity contribution is 0.180. The van der Waals surface area contributed by atoms with Gasteiger partial charge in [0.1, 0.15) is 5.76 Å². The molecule has 1 aromatic heterocycles. The van der Waals surface area contributed by atoms with Crippen molar-refractivity contribution in [2.45, 2.75) is 19.3 Å². The van der Waals surface area contributed by atoms with Gasteiger partial charge in [0.25, 0.3) is 0 Å². The maximum absolute atomic E-state index is 5.40. The Morgan fingerprint density at radius 2 is 1.82 bits per heavy atom. The van der Waals surface area contributed by atoms with Crippen LogP contribution in [0.5, 0.6) is 0 Å². The van der Waals surface area contributed by atoms with Crippen molar-refractivity contribution in [3.63, 3.8) is 0 Å². The summed E-state index contributed by atoms with van der Waals surface area (Å²) in [5, 5.41) is 6.85. The van der Waals surface area contributed by atoms with Gasteiger partial charge in [0.05, 0.1) is 12.8 Å². The smallest absolute Gasteiger partial charge is 0.191 e. The molecule has 1 aromatic carbocycles. The second-order valence-corrected chi connectivity index (χ2v) is 6.80. The fraction of sp³-hybridized carbons (Fsp3) is 0.500. The molecule has 0 amide bonds. The molecule has 6 heteroatoms. The number of benzene rings is 1. The summed E-state index contributed by atoms with van der Waals surface area (Å²) in [5.74, 6) is 1.83. The van der Waals surface area contributed by atoms with E-state index in [9.17, 15) is 0 Å². The minimum Gasteiger partial charge on any atom is -0.469 e. The number of aliphatic imine (C=N–C) groups is 1. The van der Waals surface area contributed by atoms with Gasteiger partial charge in [-0.25, -0.2) is 0 Å². The summed E-state index contributed by atoms with van der Waals surface area (Å²) in [6, 6.07) is 14.4. The highest BCUT2D eigenvalue weighted by Gasteiger charge is 2.02. The molecular formula is C22H34N4O2. The SMILES string of the molecule is COCCCN(C)CCN=C(NCCc1ccccc1)NCCc1ccco1. The van der Waals surface area contributed by atoms with Crippen LogP contribution in [0.3, 0.4) is 0 Å². The van der Waals surface area contributed by atoms with E-state index in [4.69, 9.17) is 14.1 Å². The molecule has 2 N–H and O–H groups in total. The number of nitrogens with zero attached hydrogens (tertiary/aromatic N) is 2. The van der Waals surface area contributed by atoms with E-state index < -0.39 is 0 Å². The normalized spacial score (nSPS) is 11.8. The third-order valence-corrected chi connectivity index (χ3v) is 4.43. The van der Waals surface area contributed by atoms with E-state index in [1.165, 1.54) is 5.56 Å². The van der Waals surface area contributed by atoms with Gasteiger partial charge in [-0.15, -0.1) is 0 Å². The van der Waals surface area contributed by atoms with Gasteiger partial charge < -0.3 is 24.7 Å². The average molecular weight is 387 g/mol. The maximum atomic E-state index is 5.40. The Morgan fingerprint density at radius 3 is 2.54 bits per heavy atom. The highest BCUT2D eigenvalue weighted by molar-refractivity contribution is 5.79. The number of guanidine groups is 1. The zero-order valence-electron chi connectivity index (χ0n) is 17.2. The number of methoxy groups -OCH3 is 1. The number of ether oxygens (including phenoxy) is 1. The van der Waals surface area contributed by atoms with Crippen LogP contribution in [0.1, 0.15) is 17.7 Å². The molecule has 0 bridgehead atoms. The summed E-state index contributed by atoms with van der Waals surface area (Å²) in [5.41, 5.74) is 1.32. The highest BCUT2D eigenvalue weighted by atomic mass is 16.5. The minimum atomic E-state index is 0.755. The van der Waals surface area contributed by atoms with Crippen molar-refractivity contribution in [1.29, 1.82) is 0 Å². The molecule has 0 saturated carbocycles. The molecule has 6 nitrogen and oxygen atoms in total. The van der Waals surface area contributed by atoms with Crippen LogP contribution in [-0.2, 0) is 17.6 Å². The van der Waals surface area contributed by atoms with Gasteiger partial charge in [-0.05, 0) is 37.6 Å². The van der Waals surface area contributed by atoms with Gasteiger partial charge in [0.2, 0.25) is 0 Å². The molecule has 1 heterocycles. The van der Waals surface area contributed by atoms with Crippen LogP contribution in [0.25, 0.3) is 0 Å². The van der Waals surface area contributed by atoms with Gasteiger partial charge in [0.15, 0.2) is 5.96 Å². The Balaban J connectivity index is 1.76. The van der Waals surface area contributed by atoms with Crippen molar-refractivity contribution >= 4 is 5.96 Å². The van der Waals surface area contributed by atoms with Gasteiger partial charge >= 0.3 is 0 Å². The van der Waals surface area contributed by atoms with E-state index in [1.807, 2.05) is 18.2 Å². The van der Waals surface area contributed by atoms with Crippen LogP contribution in [0.15, 0.2) is 58.1 Å². The second-order valence-electron chi connectivity index (χ2n) is 6.80. The molecule has 2 aromatic rings. The third-order valence-electron chi connectivity index (χ3n) is 4.43. The lowest BCUT2D eigenvalue weighted by atomic mass is 10.1. The first kappa shape index (κ1) is 22.0. The van der Waals surface area contributed by atoms with Gasteiger partial charge in [0, 0.05) is 46.3 Å². The van der Waals surface area contributed by atoms with Crippen molar-refractivity contribution in [1.82, 2.24) is 15.5 Å². The highest BCUT2D eigenvalue weighted by Crippen LogP contribution is 2.00. The molecule has 2 rings (SSSR count). The van der Waals surface area contributed by atoms with Crippen LogP contribution < -0.4 is 10.6 Å². The third kappa shape index (κ3) is 9.58. The number of nitrogens with one attached hydrogen (secondary N) is 2. The molecule has 0 unspecified atom stereocenters. The second kappa shape index (κ2) is 13.8. The summed E-state index contributed by atoms with van der Waals surface area (Å²) in [6.07, 6.45) is 4.56. The summed E-state index contributed by atoms with van der Waals surface area (Å²) < 4.78 is 10.5. The van der Waals surface area contributed by atoms with Crippen LogP contribution in [0.4, 0.5) is 0 Å². The molecule has 154 valence electrons. The topological polar surface area (TPSA) is 62.0 Å². The van der Waals surface area contributed by atoms with Crippen molar-refractivity contribution < 1.29 is 9.15 Å². The summed E-state index contributed by atoms with van der Waals surface area (Å²) in [7, 11) is 3.87. The number of likely N-dealkylation sites (N-methyl/N-ethyl adjacent to an activating group) is 1. The van der Waals surface area contributed by atoms with Crippen LogP contribution in [0, 0.1) is 0 Å². The Bertz CT molecular complexity index is 644. The Kier molecular flexibility index (Phi) is 10.8. The average Bonchev–Trinajstić information content (AvgIpc) is 3.22. The van der Waals surface area contributed by atoms with Crippen molar-refractivity contribution in [2.24, 2.45) is 4.99 Å². The Labute approximate surface area is 169 Å².